The van der Waals surface area contributed by atoms with Crippen molar-refractivity contribution in [2.75, 3.05) is 6.54 Å². The van der Waals surface area contributed by atoms with E-state index in [1.165, 1.54) is 5.56 Å². The average Bonchev–Trinajstić information content (AvgIpc) is 3.27. The van der Waals surface area contributed by atoms with Gasteiger partial charge in [-0.05, 0) is 40.2 Å². The fourth-order valence-electron chi connectivity index (χ4n) is 4.53. The number of amides is 1. The third-order valence-electron chi connectivity index (χ3n) is 5.95. The summed E-state index contributed by atoms with van der Waals surface area (Å²) >= 11 is 0. The molecule has 3 heterocycles. The predicted octanol–water partition coefficient (Wildman–Crippen LogP) is 3.45. The van der Waals surface area contributed by atoms with Crippen LogP contribution < -0.4 is 4.74 Å². The number of ether oxygens (including phenoxy) is 1. The zero-order chi connectivity index (χ0) is 19.8. The molecule has 1 amide bonds. The number of para-hydroxylation sites is 1. The first-order valence-corrected chi connectivity index (χ1v) is 10.1. The Morgan fingerprint density at radius 1 is 1.21 bits per heavy atom. The third kappa shape index (κ3) is 3.53. The van der Waals surface area contributed by atoms with Crippen LogP contribution in [-0.2, 0) is 17.9 Å². The van der Waals surface area contributed by atoms with Gasteiger partial charge in [0.1, 0.15) is 11.5 Å². The van der Waals surface area contributed by atoms with E-state index in [2.05, 4.69) is 22.2 Å². The van der Waals surface area contributed by atoms with Gasteiger partial charge in [-0.1, -0.05) is 23.4 Å². The van der Waals surface area contributed by atoms with E-state index in [0.717, 1.165) is 42.3 Å². The van der Waals surface area contributed by atoms with E-state index in [1.807, 2.05) is 44.7 Å². The summed E-state index contributed by atoms with van der Waals surface area (Å²) in [6.45, 7) is 10.4. The van der Waals surface area contributed by atoms with Gasteiger partial charge in [0.25, 0.3) is 0 Å². The van der Waals surface area contributed by atoms with Gasteiger partial charge in [0.05, 0.1) is 18.3 Å². The maximum absolute atomic E-state index is 12.8. The molecule has 0 radical (unpaired) electrons. The van der Waals surface area contributed by atoms with Crippen molar-refractivity contribution in [2.45, 2.75) is 71.8 Å². The Balaban J connectivity index is 1.49. The molecule has 0 N–H and O–H groups in total. The van der Waals surface area contributed by atoms with Crippen LogP contribution in [0.5, 0.6) is 5.75 Å². The summed E-state index contributed by atoms with van der Waals surface area (Å²) in [5, 5.41) is 4.04. The summed E-state index contributed by atoms with van der Waals surface area (Å²) in [6.07, 6.45) is 1.74. The van der Waals surface area contributed by atoms with Crippen molar-refractivity contribution in [3.63, 3.8) is 0 Å². The van der Waals surface area contributed by atoms with E-state index >= 15 is 0 Å². The summed E-state index contributed by atoms with van der Waals surface area (Å²) in [5.41, 5.74) is 3.11. The molecule has 2 atom stereocenters. The van der Waals surface area contributed by atoms with Gasteiger partial charge in [-0.25, -0.2) is 0 Å². The average molecular weight is 383 g/mol. The zero-order valence-corrected chi connectivity index (χ0v) is 17.1. The minimum atomic E-state index is 0.145. The lowest BCUT2D eigenvalue weighted by Crippen LogP contribution is -2.37. The van der Waals surface area contributed by atoms with Crippen LogP contribution in [0.1, 0.15) is 49.3 Å². The molecule has 1 aromatic heterocycles. The van der Waals surface area contributed by atoms with Crippen LogP contribution >= 0.6 is 0 Å². The zero-order valence-electron chi connectivity index (χ0n) is 17.1. The molecule has 6 heteroatoms. The van der Waals surface area contributed by atoms with E-state index in [4.69, 9.17) is 9.26 Å². The summed E-state index contributed by atoms with van der Waals surface area (Å²) in [7, 11) is 0. The molecule has 2 saturated heterocycles. The fraction of sp³-hybridized carbons (Fsp3) is 0.545. The molecule has 2 aliphatic rings. The largest absolute Gasteiger partial charge is 0.491 e. The lowest BCUT2D eigenvalue weighted by Gasteiger charge is -2.26. The van der Waals surface area contributed by atoms with E-state index in [9.17, 15) is 4.79 Å². The van der Waals surface area contributed by atoms with E-state index < -0.39 is 0 Å². The van der Waals surface area contributed by atoms with E-state index in [1.54, 1.807) is 0 Å². The van der Waals surface area contributed by atoms with Crippen molar-refractivity contribution in [1.82, 2.24) is 15.0 Å². The molecule has 2 aromatic rings. The second-order valence-electron chi connectivity index (χ2n) is 8.20. The number of rotatable bonds is 6. The third-order valence-corrected chi connectivity index (χ3v) is 5.95. The smallest absolute Gasteiger partial charge is 0.224 e. The highest BCUT2D eigenvalue weighted by molar-refractivity contribution is 5.80. The van der Waals surface area contributed by atoms with Gasteiger partial charge < -0.3 is 14.2 Å². The number of fused-ring (bicyclic) bond motifs is 1. The van der Waals surface area contributed by atoms with Gasteiger partial charge >= 0.3 is 0 Å². The van der Waals surface area contributed by atoms with Gasteiger partial charge in [-0.15, -0.1) is 0 Å². The number of carbonyl (C=O) groups is 1. The number of aryl methyl sites for hydroxylation is 2. The number of aromatic nitrogens is 1. The van der Waals surface area contributed by atoms with Crippen LogP contribution in [0.3, 0.4) is 0 Å². The highest BCUT2D eigenvalue weighted by atomic mass is 16.5. The Labute approximate surface area is 166 Å². The second-order valence-corrected chi connectivity index (χ2v) is 8.20. The van der Waals surface area contributed by atoms with Gasteiger partial charge in [0.15, 0.2) is 0 Å². The number of benzene rings is 1. The monoisotopic (exact) mass is 383 g/mol. The Morgan fingerprint density at radius 3 is 2.71 bits per heavy atom. The lowest BCUT2D eigenvalue weighted by atomic mass is 10.1. The van der Waals surface area contributed by atoms with Crippen molar-refractivity contribution in [3.8, 4) is 5.75 Å². The van der Waals surface area contributed by atoms with Crippen molar-refractivity contribution < 1.29 is 14.1 Å². The molecule has 1 aromatic carbocycles. The number of nitrogens with zero attached hydrogens (tertiary/aromatic N) is 3. The van der Waals surface area contributed by atoms with Crippen molar-refractivity contribution in [1.29, 1.82) is 0 Å². The minimum absolute atomic E-state index is 0.145. The Hall–Kier alpha value is -2.34. The molecule has 0 unspecified atom stereocenters. The SMILES string of the molecule is Cc1noc(C)c1CN1C(=O)C[C@H]2[C@@H]1CCN2Cc1ccccc1OC(C)C. The van der Waals surface area contributed by atoms with Crippen LogP contribution in [0.2, 0.25) is 0 Å². The first-order chi connectivity index (χ1) is 13.4. The normalized spacial score (nSPS) is 22.3. The van der Waals surface area contributed by atoms with Crippen LogP contribution in [0.4, 0.5) is 0 Å². The Morgan fingerprint density at radius 2 is 2.00 bits per heavy atom. The highest BCUT2D eigenvalue weighted by Crippen LogP contribution is 2.36. The minimum Gasteiger partial charge on any atom is -0.491 e. The van der Waals surface area contributed by atoms with E-state index in [-0.39, 0.29) is 24.1 Å². The molecule has 2 aliphatic heterocycles. The molecular formula is C22H29N3O3. The topological polar surface area (TPSA) is 58.8 Å². The maximum Gasteiger partial charge on any atom is 0.224 e. The molecule has 150 valence electrons. The van der Waals surface area contributed by atoms with Crippen molar-refractivity contribution in [2.24, 2.45) is 0 Å². The molecule has 0 saturated carbocycles. The van der Waals surface area contributed by atoms with Crippen molar-refractivity contribution >= 4 is 5.91 Å². The van der Waals surface area contributed by atoms with E-state index in [0.29, 0.717) is 13.0 Å². The van der Waals surface area contributed by atoms with Crippen molar-refractivity contribution in [3.05, 3.63) is 46.8 Å². The Bertz CT molecular complexity index is 841. The molecule has 2 fully saturated rings. The quantitative estimate of drug-likeness (QED) is 0.765. The van der Waals surface area contributed by atoms with Crippen LogP contribution in [0.25, 0.3) is 0 Å². The second kappa shape index (κ2) is 7.59. The van der Waals surface area contributed by atoms with Crippen LogP contribution in [0.15, 0.2) is 28.8 Å². The summed E-state index contributed by atoms with van der Waals surface area (Å²) in [5.74, 6) is 1.98. The van der Waals surface area contributed by atoms with Crippen LogP contribution in [0, 0.1) is 13.8 Å². The van der Waals surface area contributed by atoms with Gasteiger partial charge in [0.2, 0.25) is 5.91 Å². The molecule has 0 aliphatic carbocycles. The molecule has 4 rings (SSSR count). The predicted molar refractivity (Wildman–Crippen MR) is 106 cm³/mol. The summed E-state index contributed by atoms with van der Waals surface area (Å²) in [4.78, 5) is 17.2. The maximum atomic E-state index is 12.8. The standard InChI is InChI=1S/C22H29N3O3/c1-14(2)27-21-8-6-5-7-17(21)12-24-10-9-19-20(24)11-22(26)25(19)13-18-15(3)23-28-16(18)4/h5-8,14,19-20H,9-13H2,1-4H3/t19-,20-/m0/s1. The van der Waals surface area contributed by atoms with Gasteiger partial charge in [-0.3, -0.25) is 9.69 Å². The number of hydrogen-bond acceptors (Lipinski definition) is 5. The first-order valence-electron chi connectivity index (χ1n) is 10.1. The molecule has 28 heavy (non-hydrogen) atoms. The highest BCUT2D eigenvalue weighted by Gasteiger charge is 2.46. The summed E-state index contributed by atoms with van der Waals surface area (Å²) < 4.78 is 11.3. The molecule has 0 spiro atoms. The molecule has 6 nitrogen and oxygen atoms in total. The van der Waals surface area contributed by atoms with Gasteiger partial charge in [-0.2, -0.15) is 0 Å². The number of carbonyl (C=O) groups excluding carboxylic acids is 1. The fourth-order valence-corrected chi connectivity index (χ4v) is 4.53. The first kappa shape index (κ1) is 19.0. The Kier molecular flexibility index (Phi) is 5.15. The van der Waals surface area contributed by atoms with Gasteiger partial charge in [0, 0.05) is 42.7 Å². The molecular weight excluding hydrogens is 354 g/mol. The number of hydrogen-bond donors (Lipinski definition) is 0. The lowest BCUT2D eigenvalue weighted by molar-refractivity contribution is -0.129. The molecule has 0 bridgehead atoms. The summed E-state index contributed by atoms with van der Waals surface area (Å²) in [6, 6.07) is 8.76. The van der Waals surface area contributed by atoms with Crippen LogP contribution in [-0.4, -0.2) is 45.6 Å². The number of likely N-dealkylation sites (tertiary alicyclic amines) is 2.